The van der Waals surface area contributed by atoms with E-state index in [0.29, 0.717) is 11.2 Å². The minimum atomic E-state index is 0.518. The maximum absolute atomic E-state index is 2.38. The average Bonchev–Trinajstić information content (AvgIpc) is 2.54. The molecule has 0 fully saturated rings. The Morgan fingerprint density at radius 3 is 2.67 bits per heavy atom. The number of allylic oxidation sites excluding steroid dienone is 5. The minimum absolute atomic E-state index is 0.518. The van der Waals surface area contributed by atoms with E-state index in [2.05, 4.69) is 75.4 Å². The third kappa shape index (κ3) is 4.64. The highest BCUT2D eigenvalue weighted by atomic mass is 32.2. The number of rotatable bonds is 6. The Kier molecular flexibility index (Phi) is 6.38. The quantitative estimate of drug-likeness (QED) is 0.579. The Labute approximate surface area is 134 Å². The summed E-state index contributed by atoms with van der Waals surface area (Å²) in [6, 6.07) is 10.8. The zero-order valence-electron chi connectivity index (χ0n) is 13.4. The molecule has 0 radical (unpaired) electrons. The van der Waals surface area contributed by atoms with Gasteiger partial charge in [0.15, 0.2) is 0 Å². The molecule has 0 N–H and O–H groups in total. The van der Waals surface area contributed by atoms with E-state index < -0.39 is 0 Å². The summed E-state index contributed by atoms with van der Waals surface area (Å²) in [5, 5.41) is 0.683. The first kappa shape index (κ1) is 16.2. The average molecular weight is 298 g/mol. The molecule has 0 bridgehead atoms. The Balaban J connectivity index is 2.20. The van der Waals surface area contributed by atoms with Crippen LogP contribution in [0.2, 0.25) is 0 Å². The van der Waals surface area contributed by atoms with Gasteiger partial charge in [-0.25, -0.2) is 0 Å². The van der Waals surface area contributed by atoms with Crippen LogP contribution in [0.5, 0.6) is 0 Å². The highest BCUT2D eigenvalue weighted by molar-refractivity contribution is 8.03. The number of hydrogen-bond acceptors (Lipinski definition) is 1. The van der Waals surface area contributed by atoms with Crippen molar-refractivity contribution >= 4 is 11.8 Å². The van der Waals surface area contributed by atoms with Gasteiger partial charge in [-0.05, 0) is 30.4 Å². The van der Waals surface area contributed by atoms with Crippen LogP contribution in [0.1, 0.15) is 51.5 Å². The van der Waals surface area contributed by atoms with Crippen LogP contribution in [0, 0.1) is 0 Å². The summed E-state index contributed by atoms with van der Waals surface area (Å²) in [5.41, 5.74) is 2.92. The molecule has 1 heteroatoms. The molecule has 1 aliphatic rings. The lowest BCUT2D eigenvalue weighted by atomic mass is 9.88. The summed E-state index contributed by atoms with van der Waals surface area (Å²) in [5.74, 6) is 0.518. The predicted octanol–water partition coefficient (Wildman–Crippen LogP) is 6.48. The van der Waals surface area contributed by atoms with Gasteiger partial charge in [0.25, 0.3) is 0 Å². The van der Waals surface area contributed by atoms with Gasteiger partial charge in [-0.2, -0.15) is 0 Å². The van der Waals surface area contributed by atoms with Crippen molar-refractivity contribution in [1.82, 2.24) is 0 Å². The van der Waals surface area contributed by atoms with Crippen molar-refractivity contribution in [1.29, 1.82) is 0 Å². The molecule has 112 valence electrons. The van der Waals surface area contributed by atoms with Crippen molar-refractivity contribution in [2.75, 3.05) is 0 Å². The first-order valence-electron chi connectivity index (χ1n) is 8.04. The van der Waals surface area contributed by atoms with Crippen molar-refractivity contribution in [2.45, 2.75) is 51.2 Å². The van der Waals surface area contributed by atoms with E-state index in [1.165, 1.54) is 22.5 Å². The normalized spacial score (nSPS) is 20.2. The van der Waals surface area contributed by atoms with Crippen LogP contribution in [-0.2, 0) is 0 Å². The molecule has 21 heavy (non-hydrogen) atoms. The van der Waals surface area contributed by atoms with Crippen LogP contribution in [0.15, 0.2) is 65.1 Å². The highest BCUT2D eigenvalue weighted by Crippen LogP contribution is 2.38. The summed E-state index contributed by atoms with van der Waals surface area (Å²) < 4.78 is 0. The van der Waals surface area contributed by atoms with Gasteiger partial charge in [0.2, 0.25) is 0 Å². The van der Waals surface area contributed by atoms with Crippen molar-refractivity contribution in [2.24, 2.45) is 0 Å². The summed E-state index contributed by atoms with van der Waals surface area (Å²) in [7, 11) is 0. The van der Waals surface area contributed by atoms with Gasteiger partial charge in [0.1, 0.15) is 0 Å². The molecule has 0 amide bonds. The van der Waals surface area contributed by atoms with Gasteiger partial charge in [-0.1, -0.05) is 75.4 Å². The zero-order chi connectivity index (χ0) is 15.1. The van der Waals surface area contributed by atoms with Crippen molar-refractivity contribution in [3.63, 3.8) is 0 Å². The second-order valence-electron chi connectivity index (χ2n) is 5.62. The summed E-state index contributed by atoms with van der Waals surface area (Å²) in [4.78, 5) is 1.46. The lowest BCUT2D eigenvalue weighted by molar-refractivity contribution is 0.824. The van der Waals surface area contributed by atoms with Gasteiger partial charge in [0, 0.05) is 16.1 Å². The Morgan fingerprint density at radius 1 is 1.24 bits per heavy atom. The van der Waals surface area contributed by atoms with Crippen molar-refractivity contribution in [3.05, 3.63) is 70.7 Å². The summed E-state index contributed by atoms with van der Waals surface area (Å²) >= 11 is 2.02. The Morgan fingerprint density at radius 2 is 2.00 bits per heavy atom. The van der Waals surface area contributed by atoms with E-state index in [4.69, 9.17) is 0 Å². The van der Waals surface area contributed by atoms with Crippen molar-refractivity contribution in [3.8, 4) is 0 Å². The molecule has 0 aromatic heterocycles. The minimum Gasteiger partial charge on any atom is -0.123 e. The fraction of sp³-hybridized carbons (Fsp3) is 0.400. The molecule has 0 saturated heterocycles. The first-order chi connectivity index (χ1) is 10.2. The molecule has 0 heterocycles. The summed E-state index contributed by atoms with van der Waals surface area (Å²) in [6.07, 6.45) is 12.8. The lowest BCUT2D eigenvalue weighted by Crippen LogP contribution is -2.04. The standard InChI is InChI=1S/C20H26S/c1-4-6-10-19-15-18(17-11-8-7-9-12-17)13-14-20(19)21-16(3)5-2/h6-14,16,18H,4-5,15H2,1-3H3/b10-6+. The SMILES string of the molecule is CC/C=C/C1=C(SC(C)CC)C=CC(c2ccccc2)C1. The van der Waals surface area contributed by atoms with Crippen LogP contribution < -0.4 is 0 Å². The van der Waals surface area contributed by atoms with Crippen LogP contribution in [0.3, 0.4) is 0 Å². The second-order valence-corrected chi connectivity index (χ2v) is 7.10. The Bertz CT molecular complexity index is 522. The van der Waals surface area contributed by atoms with E-state index in [1.54, 1.807) is 0 Å². The monoisotopic (exact) mass is 298 g/mol. The van der Waals surface area contributed by atoms with E-state index in [9.17, 15) is 0 Å². The topological polar surface area (TPSA) is 0 Å². The Hall–Kier alpha value is -1.21. The van der Waals surface area contributed by atoms with Gasteiger partial charge in [0.05, 0.1) is 0 Å². The van der Waals surface area contributed by atoms with Crippen LogP contribution in [0.25, 0.3) is 0 Å². The number of thioether (sulfide) groups is 1. The van der Waals surface area contributed by atoms with Gasteiger partial charge in [-0.3, -0.25) is 0 Å². The van der Waals surface area contributed by atoms with Gasteiger partial charge in [-0.15, -0.1) is 11.8 Å². The highest BCUT2D eigenvalue weighted by Gasteiger charge is 2.17. The molecular formula is C20H26S. The van der Waals surface area contributed by atoms with Gasteiger partial charge >= 0.3 is 0 Å². The second kappa shape index (κ2) is 8.29. The molecule has 0 nitrogen and oxygen atoms in total. The number of hydrogen-bond donors (Lipinski definition) is 0. The van der Waals surface area contributed by atoms with Gasteiger partial charge < -0.3 is 0 Å². The fourth-order valence-corrected chi connectivity index (χ4v) is 3.53. The van der Waals surface area contributed by atoms with Crippen molar-refractivity contribution < 1.29 is 0 Å². The summed E-state index contributed by atoms with van der Waals surface area (Å²) in [6.45, 7) is 6.78. The smallest absolute Gasteiger partial charge is 0.0104 e. The maximum Gasteiger partial charge on any atom is 0.0104 e. The first-order valence-corrected chi connectivity index (χ1v) is 8.92. The third-order valence-electron chi connectivity index (χ3n) is 3.92. The predicted molar refractivity (Wildman–Crippen MR) is 96.7 cm³/mol. The van der Waals surface area contributed by atoms with Crippen LogP contribution in [0.4, 0.5) is 0 Å². The van der Waals surface area contributed by atoms with Crippen LogP contribution >= 0.6 is 11.8 Å². The molecular weight excluding hydrogens is 272 g/mol. The number of benzene rings is 1. The fourth-order valence-electron chi connectivity index (χ4n) is 2.47. The molecule has 1 aromatic carbocycles. The molecule has 0 spiro atoms. The largest absolute Gasteiger partial charge is 0.123 e. The van der Waals surface area contributed by atoms with E-state index >= 15 is 0 Å². The van der Waals surface area contributed by atoms with Crippen LogP contribution in [-0.4, -0.2) is 5.25 Å². The van der Waals surface area contributed by atoms with E-state index in [0.717, 1.165) is 12.8 Å². The molecule has 2 rings (SSSR count). The maximum atomic E-state index is 2.38. The lowest BCUT2D eigenvalue weighted by Gasteiger charge is -2.22. The molecule has 0 saturated carbocycles. The molecule has 2 unspecified atom stereocenters. The molecule has 2 atom stereocenters. The molecule has 1 aromatic rings. The van der Waals surface area contributed by atoms with E-state index in [1.807, 2.05) is 11.8 Å². The third-order valence-corrected chi connectivity index (χ3v) is 5.31. The molecule has 0 aliphatic heterocycles. The zero-order valence-corrected chi connectivity index (χ0v) is 14.2. The van der Waals surface area contributed by atoms with E-state index in [-0.39, 0.29) is 0 Å². The molecule has 1 aliphatic carbocycles.